The Hall–Kier alpha value is -2.37. The Balaban J connectivity index is 1.75. The van der Waals surface area contributed by atoms with E-state index in [2.05, 4.69) is 10.2 Å². The molecule has 7 heteroatoms. The number of ether oxygens (including phenoxy) is 1. The van der Waals surface area contributed by atoms with Crippen molar-refractivity contribution in [2.45, 2.75) is 0 Å². The number of carbonyl (C=O) groups is 1. The number of nitrogens with zero attached hydrogens (tertiary/aromatic N) is 2. The number of carbonyl (C=O) groups excluding carboxylic acids is 1. The highest BCUT2D eigenvalue weighted by molar-refractivity contribution is 6.42. The van der Waals surface area contributed by atoms with Crippen LogP contribution in [0, 0.1) is 0 Å². The summed E-state index contributed by atoms with van der Waals surface area (Å²) in [4.78, 5) is 12.0. The monoisotopic (exact) mass is 334 g/mol. The van der Waals surface area contributed by atoms with Gasteiger partial charge in [0.1, 0.15) is 5.75 Å². The molecule has 22 heavy (non-hydrogen) atoms. The lowest BCUT2D eigenvalue weighted by molar-refractivity contribution is 0.0735. The summed E-state index contributed by atoms with van der Waals surface area (Å²) in [5.74, 6) is 0.255. The Kier molecular flexibility index (Phi) is 4.09. The van der Waals surface area contributed by atoms with Crippen molar-refractivity contribution >= 4 is 29.2 Å². The molecule has 0 fully saturated rings. The van der Waals surface area contributed by atoms with Gasteiger partial charge in [-0.25, -0.2) is 4.79 Å². The van der Waals surface area contributed by atoms with E-state index in [-0.39, 0.29) is 0 Å². The predicted molar refractivity (Wildman–Crippen MR) is 81.2 cm³/mol. The van der Waals surface area contributed by atoms with E-state index in [1.807, 2.05) is 0 Å². The first-order valence-corrected chi connectivity index (χ1v) is 6.93. The summed E-state index contributed by atoms with van der Waals surface area (Å²) in [7, 11) is 0. The zero-order valence-corrected chi connectivity index (χ0v) is 12.5. The molecule has 3 aromatic rings. The van der Waals surface area contributed by atoms with Crippen LogP contribution in [0.2, 0.25) is 10.0 Å². The molecule has 0 amide bonds. The normalized spacial score (nSPS) is 10.5. The Morgan fingerprint density at radius 2 is 1.82 bits per heavy atom. The number of hydrogen-bond acceptors (Lipinski definition) is 5. The number of benzene rings is 2. The molecule has 0 saturated carbocycles. The van der Waals surface area contributed by atoms with Gasteiger partial charge < -0.3 is 9.15 Å². The van der Waals surface area contributed by atoms with E-state index in [0.29, 0.717) is 27.2 Å². The molecule has 2 aromatic carbocycles. The van der Waals surface area contributed by atoms with Gasteiger partial charge in [0.05, 0.1) is 15.6 Å². The molecule has 5 nitrogen and oxygen atoms in total. The molecule has 0 saturated heterocycles. The minimum absolute atomic E-state index is 0.294. The van der Waals surface area contributed by atoms with E-state index >= 15 is 0 Å². The molecular formula is C15H8Cl2N2O3. The van der Waals surface area contributed by atoms with Crippen molar-refractivity contribution in [3.63, 3.8) is 0 Å². The summed E-state index contributed by atoms with van der Waals surface area (Å²) in [5.41, 5.74) is 1.04. The van der Waals surface area contributed by atoms with Gasteiger partial charge in [0, 0.05) is 5.56 Å². The largest absolute Gasteiger partial charge is 0.423 e. The molecule has 0 spiro atoms. The van der Waals surface area contributed by atoms with Crippen LogP contribution in [0.3, 0.4) is 0 Å². The lowest BCUT2D eigenvalue weighted by Gasteiger charge is -2.05. The summed E-state index contributed by atoms with van der Waals surface area (Å²) >= 11 is 11.7. The molecule has 0 N–H and O–H groups in total. The first-order chi connectivity index (χ1) is 10.6. The molecule has 1 aromatic heterocycles. The second-order valence-electron chi connectivity index (χ2n) is 4.29. The fraction of sp³-hybridized carbons (Fsp3) is 0. The summed E-state index contributed by atoms with van der Waals surface area (Å²) < 4.78 is 10.3. The van der Waals surface area contributed by atoms with Crippen molar-refractivity contribution in [2.75, 3.05) is 0 Å². The van der Waals surface area contributed by atoms with Crippen LogP contribution in [0.1, 0.15) is 10.4 Å². The number of rotatable bonds is 3. The Morgan fingerprint density at radius 3 is 2.45 bits per heavy atom. The van der Waals surface area contributed by atoms with E-state index in [1.54, 1.807) is 36.4 Å². The molecule has 0 atom stereocenters. The maximum Gasteiger partial charge on any atom is 0.343 e. The molecule has 3 rings (SSSR count). The second-order valence-corrected chi connectivity index (χ2v) is 5.10. The van der Waals surface area contributed by atoms with Crippen molar-refractivity contribution < 1.29 is 13.9 Å². The third-order valence-electron chi connectivity index (χ3n) is 2.83. The third-order valence-corrected chi connectivity index (χ3v) is 3.57. The maximum absolute atomic E-state index is 12.0. The molecule has 0 radical (unpaired) electrons. The number of aromatic nitrogens is 2. The lowest BCUT2D eigenvalue weighted by Crippen LogP contribution is -2.08. The summed E-state index contributed by atoms with van der Waals surface area (Å²) in [6, 6.07) is 11.2. The highest BCUT2D eigenvalue weighted by Gasteiger charge is 2.11. The van der Waals surface area contributed by atoms with Crippen molar-refractivity contribution in [1.29, 1.82) is 0 Å². The van der Waals surface area contributed by atoms with E-state index in [0.717, 1.165) is 5.56 Å². The topological polar surface area (TPSA) is 65.2 Å². The summed E-state index contributed by atoms with van der Waals surface area (Å²) in [5, 5.41) is 8.06. The van der Waals surface area contributed by atoms with Gasteiger partial charge in [-0.2, -0.15) is 0 Å². The van der Waals surface area contributed by atoms with Gasteiger partial charge in [-0.1, -0.05) is 23.2 Å². The molecule has 0 aliphatic rings. The number of hydrogen-bond donors (Lipinski definition) is 0. The molecule has 0 aliphatic heterocycles. The SMILES string of the molecule is O=C(Oc1ccc(-c2nnco2)cc1)c1ccc(Cl)c(Cl)c1. The summed E-state index contributed by atoms with van der Waals surface area (Å²) in [6.07, 6.45) is 1.24. The van der Waals surface area contributed by atoms with Crippen LogP contribution in [0.15, 0.2) is 53.3 Å². The van der Waals surface area contributed by atoms with Crippen LogP contribution in [-0.4, -0.2) is 16.2 Å². The van der Waals surface area contributed by atoms with Gasteiger partial charge in [0.2, 0.25) is 12.3 Å². The van der Waals surface area contributed by atoms with Crippen LogP contribution in [0.5, 0.6) is 5.75 Å². The van der Waals surface area contributed by atoms with Gasteiger partial charge in [0.15, 0.2) is 0 Å². The maximum atomic E-state index is 12.0. The number of halogens is 2. The highest BCUT2D eigenvalue weighted by Crippen LogP contribution is 2.24. The van der Waals surface area contributed by atoms with Crippen LogP contribution >= 0.6 is 23.2 Å². The Labute approximate surface area is 135 Å². The average Bonchev–Trinajstić information content (AvgIpc) is 3.05. The molecule has 1 heterocycles. The first kappa shape index (κ1) is 14.6. The van der Waals surface area contributed by atoms with Crippen LogP contribution in [0.25, 0.3) is 11.5 Å². The van der Waals surface area contributed by atoms with Gasteiger partial charge in [-0.3, -0.25) is 0 Å². The molecule has 110 valence electrons. The second kappa shape index (κ2) is 6.17. The minimum atomic E-state index is -0.524. The highest BCUT2D eigenvalue weighted by atomic mass is 35.5. The Morgan fingerprint density at radius 1 is 1.05 bits per heavy atom. The van der Waals surface area contributed by atoms with Crippen molar-refractivity contribution in [2.24, 2.45) is 0 Å². The van der Waals surface area contributed by atoms with Crippen molar-refractivity contribution in [3.8, 4) is 17.2 Å². The van der Waals surface area contributed by atoms with Gasteiger partial charge >= 0.3 is 5.97 Å². The van der Waals surface area contributed by atoms with E-state index < -0.39 is 5.97 Å². The quantitative estimate of drug-likeness (QED) is 0.528. The molecule has 0 aliphatic carbocycles. The average molecular weight is 335 g/mol. The minimum Gasteiger partial charge on any atom is -0.423 e. The lowest BCUT2D eigenvalue weighted by atomic mass is 10.2. The van der Waals surface area contributed by atoms with Crippen LogP contribution in [-0.2, 0) is 0 Å². The van der Waals surface area contributed by atoms with E-state index in [9.17, 15) is 4.79 Å². The zero-order valence-electron chi connectivity index (χ0n) is 11.0. The smallest absolute Gasteiger partial charge is 0.343 e. The van der Waals surface area contributed by atoms with Crippen molar-refractivity contribution in [1.82, 2.24) is 10.2 Å². The van der Waals surface area contributed by atoms with Crippen LogP contribution < -0.4 is 4.74 Å². The fourth-order valence-electron chi connectivity index (χ4n) is 1.75. The van der Waals surface area contributed by atoms with E-state index in [1.165, 1.54) is 12.5 Å². The van der Waals surface area contributed by atoms with Crippen LogP contribution in [0.4, 0.5) is 0 Å². The fourth-order valence-corrected chi connectivity index (χ4v) is 2.05. The third kappa shape index (κ3) is 3.10. The standard InChI is InChI=1S/C15H8Cl2N2O3/c16-12-6-3-10(7-13(12)17)15(20)22-11-4-1-9(2-5-11)14-19-18-8-21-14/h1-8H. The molecular weight excluding hydrogens is 327 g/mol. The first-order valence-electron chi connectivity index (χ1n) is 6.17. The molecule has 0 bridgehead atoms. The van der Waals surface area contributed by atoms with Gasteiger partial charge in [-0.05, 0) is 42.5 Å². The summed E-state index contributed by atoms with van der Waals surface area (Å²) in [6.45, 7) is 0. The number of esters is 1. The zero-order chi connectivity index (χ0) is 15.5. The van der Waals surface area contributed by atoms with E-state index in [4.69, 9.17) is 32.4 Å². The predicted octanol–water partition coefficient (Wildman–Crippen LogP) is 4.26. The van der Waals surface area contributed by atoms with Crippen molar-refractivity contribution in [3.05, 3.63) is 64.5 Å². The van der Waals surface area contributed by atoms with Gasteiger partial charge in [-0.15, -0.1) is 10.2 Å². The Bertz CT molecular complexity index is 802. The molecule has 0 unspecified atom stereocenters. The van der Waals surface area contributed by atoms with Gasteiger partial charge in [0.25, 0.3) is 0 Å².